The van der Waals surface area contributed by atoms with Crippen LogP contribution in [0, 0.1) is 12.7 Å². The number of aromatic nitrogens is 1. The minimum atomic E-state index is -0.295. The van der Waals surface area contributed by atoms with Crippen LogP contribution in [0.25, 0.3) is 0 Å². The number of benzene rings is 2. The monoisotopic (exact) mass is 396 g/mol. The molecule has 2 heterocycles. The van der Waals surface area contributed by atoms with E-state index in [0.717, 1.165) is 35.8 Å². The molecule has 0 bridgehead atoms. The average molecular weight is 396 g/mol. The maximum absolute atomic E-state index is 12.9. The number of anilines is 1. The van der Waals surface area contributed by atoms with Crippen LogP contribution >= 0.6 is 11.3 Å². The van der Waals surface area contributed by atoms with Gasteiger partial charge in [0, 0.05) is 17.6 Å². The van der Waals surface area contributed by atoms with Gasteiger partial charge in [-0.2, -0.15) is 0 Å². The molecular formula is C22H21FN2O2S. The van der Waals surface area contributed by atoms with Crippen molar-refractivity contribution in [2.45, 2.75) is 32.8 Å². The number of carbonyl (C=O) groups is 1. The van der Waals surface area contributed by atoms with E-state index in [-0.39, 0.29) is 18.1 Å². The number of hydrogen-bond acceptors (Lipinski definition) is 4. The number of thiazole rings is 1. The van der Waals surface area contributed by atoms with Gasteiger partial charge in [-0.25, -0.2) is 9.37 Å². The average Bonchev–Trinajstić information content (AvgIpc) is 3.14. The molecule has 0 saturated heterocycles. The van der Waals surface area contributed by atoms with Crippen molar-refractivity contribution in [1.29, 1.82) is 0 Å². The summed E-state index contributed by atoms with van der Waals surface area (Å²) in [6.45, 7) is 3.13. The highest BCUT2D eigenvalue weighted by molar-refractivity contribution is 7.09. The molecule has 2 aromatic carbocycles. The van der Waals surface area contributed by atoms with Gasteiger partial charge in [0.25, 0.3) is 0 Å². The van der Waals surface area contributed by atoms with E-state index in [2.05, 4.69) is 24.0 Å². The van der Waals surface area contributed by atoms with Gasteiger partial charge in [-0.05, 0) is 55.7 Å². The Morgan fingerprint density at radius 1 is 1.25 bits per heavy atom. The standard InChI is InChI=1S/C22H21FN2O2S/c1-15-4-9-20-16(11-15)3-2-10-25(20)22(26)12-18-14-28-21(24-18)13-27-19-7-5-17(23)6-8-19/h4-9,11,14H,2-3,10,12-13H2,1H3. The fourth-order valence-corrected chi connectivity index (χ4v) is 4.11. The number of amides is 1. The third kappa shape index (κ3) is 4.22. The molecule has 4 rings (SSSR count). The quantitative estimate of drug-likeness (QED) is 0.628. The van der Waals surface area contributed by atoms with Crippen molar-refractivity contribution >= 4 is 22.9 Å². The molecule has 0 radical (unpaired) electrons. The van der Waals surface area contributed by atoms with Crippen LogP contribution in [0.5, 0.6) is 5.75 Å². The number of nitrogens with zero attached hydrogens (tertiary/aromatic N) is 2. The zero-order valence-corrected chi connectivity index (χ0v) is 16.5. The second-order valence-corrected chi connectivity index (χ2v) is 7.88. The van der Waals surface area contributed by atoms with E-state index in [9.17, 15) is 9.18 Å². The fourth-order valence-electron chi connectivity index (χ4n) is 3.41. The molecule has 0 fully saturated rings. The molecule has 0 atom stereocenters. The zero-order valence-electron chi connectivity index (χ0n) is 15.7. The third-order valence-electron chi connectivity index (χ3n) is 4.76. The van der Waals surface area contributed by atoms with E-state index in [1.54, 1.807) is 12.1 Å². The Kier molecular flexibility index (Phi) is 5.39. The molecule has 4 nitrogen and oxygen atoms in total. The van der Waals surface area contributed by atoms with Crippen molar-refractivity contribution in [1.82, 2.24) is 4.98 Å². The van der Waals surface area contributed by atoms with Crippen molar-refractivity contribution in [3.63, 3.8) is 0 Å². The SMILES string of the molecule is Cc1ccc2c(c1)CCCN2C(=O)Cc1csc(COc2ccc(F)cc2)n1. The molecule has 1 amide bonds. The largest absolute Gasteiger partial charge is 0.486 e. The molecule has 1 aromatic heterocycles. The van der Waals surface area contributed by atoms with Crippen LogP contribution < -0.4 is 9.64 Å². The lowest BCUT2D eigenvalue weighted by Gasteiger charge is -2.29. The number of halogens is 1. The van der Waals surface area contributed by atoms with Crippen LogP contribution in [0.15, 0.2) is 47.8 Å². The van der Waals surface area contributed by atoms with Crippen molar-refractivity contribution in [3.8, 4) is 5.75 Å². The lowest BCUT2D eigenvalue weighted by molar-refractivity contribution is -0.118. The summed E-state index contributed by atoms with van der Waals surface area (Å²) in [7, 11) is 0. The highest BCUT2D eigenvalue weighted by Crippen LogP contribution is 2.28. The molecule has 0 spiro atoms. The van der Waals surface area contributed by atoms with Crippen molar-refractivity contribution < 1.29 is 13.9 Å². The summed E-state index contributed by atoms with van der Waals surface area (Å²) in [6, 6.07) is 12.2. The summed E-state index contributed by atoms with van der Waals surface area (Å²) in [6.07, 6.45) is 2.28. The van der Waals surface area contributed by atoms with Gasteiger partial charge in [0.15, 0.2) is 0 Å². The van der Waals surface area contributed by atoms with Crippen LogP contribution in [0.4, 0.5) is 10.1 Å². The maximum Gasteiger partial charge on any atom is 0.233 e. The van der Waals surface area contributed by atoms with Gasteiger partial charge in [0.1, 0.15) is 23.2 Å². The molecule has 3 aromatic rings. The molecule has 28 heavy (non-hydrogen) atoms. The zero-order chi connectivity index (χ0) is 19.5. The van der Waals surface area contributed by atoms with Gasteiger partial charge < -0.3 is 9.64 Å². The van der Waals surface area contributed by atoms with Crippen LogP contribution in [0.2, 0.25) is 0 Å². The van der Waals surface area contributed by atoms with Crippen LogP contribution in [0.1, 0.15) is 28.2 Å². The maximum atomic E-state index is 12.9. The molecule has 6 heteroatoms. The van der Waals surface area contributed by atoms with E-state index >= 15 is 0 Å². The second kappa shape index (κ2) is 8.10. The minimum absolute atomic E-state index is 0.0705. The van der Waals surface area contributed by atoms with Gasteiger partial charge >= 0.3 is 0 Å². The van der Waals surface area contributed by atoms with Gasteiger partial charge in [-0.15, -0.1) is 11.3 Å². The predicted molar refractivity (Wildman–Crippen MR) is 108 cm³/mol. The Labute approximate surface area is 167 Å². The number of rotatable bonds is 5. The molecule has 0 aliphatic carbocycles. The number of aryl methyl sites for hydroxylation is 2. The Balaban J connectivity index is 1.39. The molecular weight excluding hydrogens is 375 g/mol. The fraction of sp³-hybridized carbons (Fsp3) is 0.273. The van der Waals surface area contributed by atoms with Gasteiger partial charge in [-0.3, -0.25) is 4.79 Å². The first-order valence-electron chi connectivity index (χ1n) is 9.30. The molecule has 0 saturated carbocycles. The number of carbonyl (C=O) groups excluding carboxylic acids is 1. The Morgan fingerprint density at radius 3 is 2.89 bits per heavy atom. The summed E-state index contributed by atoms with van der Waals surface area (Å²) in [5.41, 5.74) is 4.24. The second-order valence-electron chi connectivity index (χ2n) is 6.93. The van der Waals surface area contributed by atoms with Gasteiger partial charge in [0.05, 0.1) is 12.1 Å². The number of hydrogen-bond donors (Lipinski definition) is 0. The van der Waals surface area contributed by atoms with Gasteiger partial charge in [0.2, 0.25) is 5.91 Å². The topological polar surface area (TPSA) is 42.4 Å². The molecule has 0 N–H and O–H groups in total. The lowest BCUT2D eigenvalue weighted by Crippen LogP contribution is -2.36. The first kappa shape index (κ1) is 18.6. The lowest BCUT2D eigenvalue weighted by atomic mass is 9.99. The summed E-state index contributed by atoms with van der Waals surface area (Å²) in [4.78, 5) is 19.3. The summed E-state index contributed by atoms with van der Waals surface area (Å²) >= 11 is 1.47. The molecule has 0 unspecified atom stereocenters. The summed E-state index contributed by atoms with van der Waals surface area (Å²) in [5.74, 6) is 0.368. The van der Waals surface area contributed by atoms with Crippen LogP contribution in [-0.2, 0) is 24.2 Å². The Hall–Kier alpha value is -2.73. The normalized spacial score (nSPS) is 13.3. The highest BCUT2D eigenvalue weighted by atomic mass is 32.1. The summed E-state index contributed by atoms with van der Waals surface area (Å²) < 4.78 is 18.6. The minimum Gasteiger partial charge on any atom is -0.486 e. The predicted octanol–water partition coefficient (Wildman–Crippen LogP) is 4.69. The van der Waals surface area contributed by atoms with E-state index in [1.165, 1.54) is 34.6 Å². The molecule has 1 aliphatic rings. The van der Waals surface area contributed by atoms with Crippen molar-refractivity contribution in [2.75, 3.05) is 11.4 Å². The Morgan fingerprint density at radius 2 is 2.07 bits per heavy atom. The van der Waals surface area contributed by atoms with E-state index < -0.39 is 0 Å². The van der Waals surface area contributed by atoms with E-state index in [1.807, 2.05) is 16.3 Å². The van der Waals surface area contributed by atoms with Crippen LogP contribution in [-0.4, -0.2) is 17.4 Å². The Bertz CT molecular complexity index is 984. The van der Waals surface area contributed by atoms with Crippen molar-refractivity contribution in [2.24, 2.45) is 0 Å². The van der Waals surface area contributed by atoms with Crippen molar-refractivity contribution in [3.05, 3.63) is 75.5 Å². The third-order valence-corrected chi connectivity index (χ3v) is 5.63. The van der Waals surface area contributed by atoms with E-state index in [0.29, 0.717) is 12.4 Å². The number of ether oxygens (including phenoxy) is 1. The number of fused-ring (bicyclic) bond motifs is 1. The first-order chi connectivity index (χ1) is 13.6. The first-order valence-corrected chi connectivity index (χ1v) is 10.2. The molecule has 144 valence electrons. The highest BCUT2D eigenvalue weighted by Gasteiger charge is 2.23. The van der Waals surface area contributed by atoms with E-state index in [4.69, 9.17) is 4.74 Å². The van der Waals surface area contributed by atoms with Crippen LogP contribution in [0.3, 0.4) is 0 Å². The summed E-state index contributed by atoms with van der Waals surface area (Å²) in [5, 5.41) is 2.70. The smallest absolute Gasteiger partial charge is 0.233 e. The molecule has 1 aliphatic heterocycles. The van der Waals surface area contributed by atoms with Gasteiger partial charge in [-0.1, -0.05) is 17.7 Å².